The first-order valence-corrected chi connectivity index (χ1v) is 13.4. The first kappa shape index (κ1) is 28.2. The molecule has 0 aliphatic carbocycles. The van der Waals surface area contributed by atoms with Gasteiger partial charge in [-0.3, -0.25) is 19.2 Å². The van der Waals surface area contributed by atoms with Crippen LogP contribution in [0, 0.1) is 0 Å². The summed E-state index contributed by atoms with van der Waals surface area (Å²) in [4.78, 5) is 65.9. The third kappa shape index (κ3) is 4.44. The molecule has 2 aromatic carbocycles. The van der Waals surface area contributed by atoms with Crippen LogP contribution in [0.3, 0.4) is 0 Å². The molecule has 2 fully saturated rings. The number of nitrogens with one attached hydrogen (secondary N) is 2. The van der Waals surface area contributed by atoms with Crippen molar-refractivity contribution in [2.24, 2.45) is 0 Å². The maximum atomic E-state index is 14.3. The molecular weight excluding hydrogens is 522 g/mol. The first-order valence-electron chi connectivity index (χ1n) is 12.5. The van der Waals surface area contributed by atoms with E-state index < -0.39 is 50.9 Å². The van der Waals surface area contributed by atoms with Crippen LogP contribution >= 0.6 is 11.8 Å². The third-order valence-electron chi connectivity index (χ3n) is 7.23. The Morgan fingerprint density at radius 2 is 1.67 bits per heavy atom. The molecule has 2 heterocycles. The van der Waals surface area contributed by atoms with Crippen LogP contribution < -0.4 is 15.4 Å². The molecule has 0 spiro atoms. The summed E-state index contributed by atoms with van der Waals surface area (Å²) < 4.78 is 5.51. The number of β-lactam (4-membered cyclic amide) rings is 1. The highest BCUT2D eigenvalue weighted by atomic mass is 32.2. The Balaban J connectivity index is 1.79. The number of fused-ring (bicyclic) bond motifs is 1. The lowest BCUT2D eigenvalue weighted by Crippen LogP contribution is -2.83. The second-order valence-corrected chi connectivity index (χ2v) is 11.9. The highest BCUT2D eigenvalue weighted by Gasteiger charge is 2.74. The number of ketones is 1. The van der Waals surface area contributed by atoms with Crippen LogP contribution in [-0.2, 0) is 29.6 Å². The average Bonchev–Trinajstić information content (AvgIpc) is 3.15. The molecule has 3 amide bonds. The van der Waals surface area contributed by atoms with Crippen molar-refractivity contribution in [3.8, 4) is 5.75 Å². The fourth-order valence-electron chi connectivity index (χ4n) is 5.28. The van der Waals surface area contributed by atoms with Gasteiger partial charge in [0.15, 0.2) is 5.78 Å². The van der Waals surface area contributed by atoms with E-state index in [0.29, 0.717) is 11.3 Å². The molecule has 39 heavy (non-hydrogen) atoms. The molecule has 1 unspecified atom stereocenters. The number of thioether (sulfide) groups is 1. The predicted octanol–water partition coefficient (Wildman–Crippen LogP) is 2.92. The van der Waals surface area contributed by atoms with Crippen LogP contribution in [-0.4, -0.2) is 61.2 Å². The van der Waals surface area contributed by atoms with Crippen LogP contribution in [0.4, 0.5) is 5.69 Å². The smallest absolute Gasteiger partial charge is 0.327 e. The molecule has 3 N–H and O–H groups in total. The third-order valence-corrected chi connectivity index (χ3v) is 8.87. The van der Waals surface area contributed by atoms with E-state index in [1.165, 1.54) is 13.8 Å². The molecule has 4 rings (SSSR count). The van der Waals surface area contributed by atoms with Gasteiger partial charge in [-0.25, -0.2) is 4.79 Å². The van der Waals surface area contributed by atoms with Gasteiger partial charge >= 0.3 is 5.97 Å². The Morgan fingerprint density at radius 1 is 1.05 bits per heavy atom. The molecule has 2 saturated heterocycles. The normalized spacial score (nSPS) is 24.5. The van der Waals surface area contributed by atoms with Gasteiger partial charge in [0.1, 0.15) is 17.2 Å². The number of para-hydroxylation sites is 2. The van der Waals surface area contributed by atoms with Crippen LogP contribution in [0.25, 0.3) is 0 Å². The number of anilines is 1. The fourth-order valence-corrected chi connectivity index (χ4v) is 7.04. The van der Waals surface area contributed by atoms with Crippen LogP contribution in [0.15, 0.2) is 54.6 Å². The van der Waals surface area contributed by atoms with Crippen molar-refractivity contribution < 1.29 is 33.8 Å². The number of Topliss-reactive ketones (excluding diaryl/α,β-unsaturated/α-hetero) is 1. The molecule has 4 atom stereocenters. The zero-order valence-electron chi connectivity index (χ0n) is 22.3. The highest BCUT2D eigenvalue weighted by Crippen LogP contribution is 2.55. The van der Waals surface area contributed by atoms with Crippen molar-refractivity contribution in [3.05, 3.63) is 60.2 Å². The highest BCUT2D eigenvalue weighted by molar-refractivity contribution is 8.01. The summed E-state index contributed by atoms with van der Waals surface area (Å²) in [7, 11) is 0. The molecule has 0 bridgehead atoms. The fraction of sp³-hybridized carbons (Fsp3) is 0.393. The van der Waals surface area contributed by atoms with Gasteiger partial charge in [-0.15, -0.1) is 11.8 Å². The van der Waals surface area contributed by atoms with Crippen LogP contribution in [0.5, 0.6) is 5.75 Å². The summed E-state index contributed by atoms with van der Waals surface area (Å²) in [5, 5.41) is 14.3. The van der Waals surface area contributed by atoms with Crippen molar-refractivity contribution in [3.63, 3.8) is 0 Å². The monoisotopic (exact) mass is 553 g/mol. The topological polar surface area (TPSA) is 142 Å². The van der Waals surface area contributed by atoms with Gasteiger partial charge in [-0.2, -0.15) is 0 Å². The van der Waals surface area contributed by atoms with Gasteiger partial charge in [0.05, 0.1) is 5.69 Å². The Bertz CT molecular complexity index is 1350. The molecule has 11 heteroatoms. The quantitative estimate of drug-likeness (QED) is 0.318. The van der Waals surface area contributed by atoms with E-state index in [4.69, 9.17) is 4.74 Å². The lowest BCUT2D eigenvalue weighted by molar-refractivity contribution is -0.173. The van der Waals surface area contributed by atoms with Crippen molar-refractivity contribution in [2.45, 2.75) is 68.3 Å². The minimum absolute atomic E-state index is 0.101. The number of carbonyl (C=O) groups excluding carboxylic acids is 4. The average molecular weight is 554 g/mol. The number of carbonyl (C=O) groups is 5. The summed E-state index contributed by atoms with van der Waals surface area (Å²) >= 11 is 1.16. The number of carboxylic acids is 1. The lowest BCUT2D eigenvalue weighted by Gasteiger charge is -2.52. The summed E-state index contributed by atoms with van der Waals surface area (Å²) in [5.74, 6) is -3.41. The largest absolute Gasteiger partial charge is 0.480 e. The Kier molecular flexibility index (Phi) is 7.24. The van der Waals surface area contributed by atoms with Crippen molar-refractivity contribution in [1.29, 1.82) is 0 Å². The molecule has 0 radical (unpaired) electrons. The van der Waals surface area contributed by atoms with E-state index in [2.05, 4.69) is 10.6 Å². The number of aliphatic carboxylic acids is 1. The summed E-state index contributed by atoms with van der Waals surface area (Å²) in [6.07, 6.45) is 0.101. The van der Waals surface area contributed by atoms with Crippen molar-refractivity contribution in [1.82, 2.24) is 10.2 Å². The number of carboxylic acid groups (broad SMARTS) is 1. The standard InChI is InChI=1S/C28H31N3O7S/c1-6-27(18-12-8-7-9-13-18,38-20-15-11-10-14-19(20)29-17(3)33)23(36)30-28(16(2)32)24(37)31-21(22(34)35)26(4,5)39-25(28)31/h7-15,21,25H,6H2,1-5H3,(H,29,33)(H,30,36)(H,34,35)/t21-,25+,27?,28-/m0/s1. The summed E-state index contributed by atoms with van der Waals surface area (Å²) in [6.45, 7) is 7.68. The second kappa shape index (κ2) is 10.0. The molecule has 10 nitrogen and oxygen atoms in total. The van der Waals surface area contributed by atoms with E-state index in [0.717, 1.165) is 16.7 Å². The maximum Gasteiger partial charge on any atom is 0.327 e. The van der Waals surface area contributed by atoms with Crippen LogP contribution in [0.2, 0.25) is 0 Å². The molecule has 206 valence electrons. The van der Waals surface area contributed by atoms with Gasteiger partial charge in [0, 0.05) is 17.2 Å². The van der Waals surface area contributed by atoms with Gasteiger partial charge in [-0.1, -0.05) is 49.4 Å². The molecule has 0 aromatic heterocycles. The lowest BCUT2D eigenvalue weighted by atomic mass is 9.79. The zero-order chi connectivity index (χ0) is 28.8. The summed E-state index contributed by atoms with van der Waals surface area (Å²) in [5.41, 5.74) is -2.85. The number of hydrogen-bond donors (Lipinski definition) is 3. The van der Waals surface area contributed by atoms with Crippen molar-refractivity contribution in [2.75, 3.05) is 5.32 Å². The number of ether oxygens (including phenoxy) is 1. The Morgan fingerprint density at radius 3 is 2.23 bits per heavy atom. The van der Waals surface area contributed by atoms with E-state index in [-0.39, 0.29) is 18.1 Å². The van der Waals surface area contributed by atoms with Gasteiger partial charge in [0.25, 0.3) is 11.8 Å². The molecule has 2 aliphatic rings. The van der Waals surface area contributed by atoms with Crippen molar-refractivity contribution >= 4 is 46.9 Å². The molecule has 2 aromatic rings. The van der Waals surface area contributed by atoms with E-state index in [1.807, 2.05) is 0 Å². The Hall–Kier alpha value is -3.86. The minimum atomic E-state index is -1.96. The number of benzene rings is 2. The van der Waals surface area contributed by atoms with Crippen LogP contribution in [0.1, 0.15) is 46.6 Å². The van der Waals surface area contributed by atoms with Gasteiger partial charge in [0.2, 0.25) is 17.0 Å². The minimum Gasteiger partial charge on any atom is -0.480 e. The predicted molar refractivity (Wildman–Crippen MR) is 145 cm³/mol. The Labute approximate surface area is 230 Å². The first-order chi connectivity index (χ1) is 18.3. The molecular formula is C28H31N3O7S. The number of nitrogens with zero attached hydrogens (tertiary/aromatic N) is 1. The number of amides is 3. The van der Waals surface area contributed by atoms with Gasteiger partial charge < -0.3 is 25.4 Å². The van der Waals surface area contributed by atoms with E-state index in [1.54, 1.807) is 75.4 Å². The maximum absolute atomic E-state index is 14.3. The molecule has 0 saturated carbocycles. The molecule has 2 aliphatic heterocycles. The zero-order valence-corrected chi connectivity index (χ0v) is 23.1. The SMILES string of the molecule is CCC(Oc1ccccc1NC(C)=O)(C(=O)N[C@@]1(C(C)=O)C(=O)N2[C@@H](C(=O)O)C(C)(C)S[C@@H]21)c1ccccc1. The van der Waals surface area contributed by atoms with E-state index in [9.17, 15) is 29.1 Å². The number of rotatable bonds is 9. The van der Waals surface area contributed by atoms with Gasteiger partial charge in [-0.05, 0) is 39.3 Å². The summed E-state index contributed by atoms with van der Waals surface area (Å²) in [6, 6.07) is 14.1. The van der Waals surface area contributed by atoms with E-state index >= 15 is 0 Å². The second-order valence-electron chi connectivity index (χ2n) is 10.2. The number of hydrogen-bond acceptors (Lipinski definition) is 7.